The molecule has 0 spiro atoms. The van der Waals surface area contributed by atoms with Gasteiger partial charge in [-0.05, 0) is 150 Å². The first-order valence-electron chi connectivity index (χ1n) is 16.9. The van der Waals surface area contributed by atoms with Crippen LogP contribution in [-0.2, 0) is 10.8 Å². The van der Waals surface area contributed by atoms with Crippen molar-refractivity contribution in [3.05, 3.63) is 154 Å². The van der Waals surface area contributed by atoms with Crippen LogP contribution in [0.2, 0.25) is 0 Å². The summed E-state index contributed by atoms with van der Waals surface area (Å²) in [5.74, 6) is 0. The zero-order valence-corrected chi connectivity index (χ0v) is 27.8. The molecule has 0 aromatic heterocycles. The monoisotopic (exact) mass is 592 g/mol. The summed E-state index contributed by atoms with van der Waals surface area (Å²) in [7, 11) is 0. The molecule has 0 nitrogen and oxygen atoms in total. The lowest BCUT2D eigenvalue weighted by Gasteiger charge is -2.35. The van der Waals surface area contributed by atoms with E-state index in [1.807, 2.05) is 0 Å². The Morgan fingerprint density at radius 2 is 0.804 bits per heavy atom. The molecule has 0 bridgehead atoms. The van der Waals surface area contributed by atoms with Crippen molar-refractivity contribution in [1.82, 2.24) is 0 Å². The molecule has 6 aromatic carbocycles. The van der Waals surface area contributed by atoms with Gasteiger partial charge in [-0.25, -0.2) is 0 Å². The highest BCUT2D eigenvalue weighted by molar-refractivity contribution is 5.99. The highest BCUT2D eigenvalue weighted by atomic mass is 14.5. The van der Waals surface area contributed by atoms with Crippen LogP contribution in [0.4, 0.5) is 0 Å². The summed E-state index contributed by atoms with van der Waals surface area (Å²) in [6.45, 7) is 14.6. The first-order valence-corrected chi connectivity index (χ1v) is 16.9. The minimum atomic E-state index is -0.0717. The van der Waals surface area contributed by atoms with Crippen molar-refractivity contribution in [2.24, 2.45) is 0 Å². The molecule has 0 saturated carbocycles. The molecule has 0 radical (unpaired) electrons. The summed E-state index contributed by atoms with van der Waals surface area (Å²) in [5, 5.41) is 5.19. The molecule has 0 heteroatoms. The molecule has 224 valence electrons. The molecule has 6 aromatic rings. The van der Waals surface area contributed by atoms with Gasteiger partial charge in [0.1, 0.15) is 0 Å². The van der Waals surface area contributed by atoms with Crippen LogP contribution < -0.4 is 0 Å². The Labute approximate surface area is 273 Å². The molecule has 0 N–H and O–H groups in total. The van der Waals surface area contributed by atoms with Crippen molar-refractivity contribution < 1.29 is 0 Å². The van der Waals surface area contributed by atoms with E-state index >= 15 is 0 Å². The lowest BCUT2D eigenvalue weighted by Crippen LogP contribution is -2.27. The van der Waals surface area contributed by atoms with Gasteiger partial charge in [0.15, 0.2) is 0 Å². The quantitative estimate of drug-likeness (QED) is 0.188. The molecule has 3 aliphatic carbocycles. The lowest BCUT2D eigenvalue weighted by atomic mass is 9.67. The van der Waals surface area contributed by atoms with Crippen LogP contribution in [0.5, 0.6) is 0 Å². The van der Waals surface area contributed by atoms with Crippen LogP contribution in [0.25, 0.3) is 54.9 Å². The van der Waals surface area contributed by atoms with E-state index in [0.717, 1.165) is 12.8 Å². The van der Waals surface area contributed by atoms with Crippen LogP contribution in [0.15, 0.2) is 120 Å². The average Bonchev–Trinajstić information content (AvgIpc) is 3.43. The van der Waals surface area contributed by atoms with Crippen molar-refractivity contribution in [1.29, 1.82) is 0 Å². The zero-order chi connectivity index (χ0) is 31.5. The van der Waals surface area contributed by atoms with E-state index in [-0.39, 0.29) is 10.8 Å². The number of hydrogen-bond donors (Lipinski definition) is 0. The van der Waals surface area contributed by atoms with Crippen molar-refractivity contribution >= 4 is 32.7 Å². The third kappa shape index (κ3) is 3.74. The van der Waals surface area contributed by atoms with Crippen molar-refractivity contribution in [3.63, 3.8) is 0 Å². The van der Waals surface area contributed by atoms with Gasteiger partial charge in [-0.3, -0.25) is 0 Å². The smallest absolute Gasteiger partial charge is 0.0159 e. The maximum Gasteiger partial charge on any atom is 0.0159 e. The second-order valence-corrected chi connectivity index (χ2v) is 15.0. The third-order valence-electron chi connectivity index (χ3n) is 11.5. The van der Waals surface area contributed by atoms with Gasteiger partial charge in [0.25, 0.3) is 0 Å². The first kappa shape index (κ1) is 27.6. The van der Waals surface area contributed by atoms with Crippen LogP contribution in [0.1, 0.15) is 73.9 Å². The molecular formula is C46H40. The van der Waals surface area contributed by atoms with Crippen LogP contribution in [0.3, 0.4) is 0 Å². The summed E-state index contributed by atoms with van der Waals surface area (Å²) in [4.78, 5) is 0. The maximum absolute atomic E-state index is 2.52. The fourth-order valence-electron chi connectivity index (χ4n) is 9.38. The number of hydrogen-bond acceptors (Lipinski definition) is 0. The van der Waals surface area contributed by atoms with Gasteiger partial charge in [0.05, 0.1) is 0 Å². The number of rotatable bonds is 2. The summed E-state index contributed by atoms with van der Waals surface area (Å²) in [6.07, 6.45) is 2.23. The molecule has 9 rings (SSSR count). The third-order valence-corrected chi connectivity index (χ3v) is 11.5. The van der Waals surface area contributed by atoms with E-state index in [2.05, 4.69) is 151 Å². The second kappa shape index (κ2) is 9.43. The number of fused-ring (bicyclic) bond motifs is 7. The largest absolute Gasteiger partial charge is 0.0616 e. The summed E-state index contributed by atoms with van der Waals surface area (Å²) >= 11 is 0. The van der Waals surface area contributed by atoms with Crippen molar-refractivity contribution in [2.45, 2.75) is 65.2 Å². The van der Waals surface area contributed by atoms with Crippen LogP contribution >= 0.6 is 0 Å². The summed E-state index contributed by atoms with van der Waals surface area (Å²) in [6, 6.07) is 41.1. The summed E-state index contributed by atoms with van der Waals surface area (Å²) < 4.78 is 0. The Bertz CT molecular complexity index is 2200. The number of benzene rings is 6. The topological polar surface area (TPSA) is 0 Å². The van der Waals surface area contributed by atoms with Gasteiger partial charge >= 0.3 is 0 Å². The Kier molecular flexibility index (Phi) is 5.66. The molecule has 0 fully saturated rings. The molecule has 0 saturated heterocycles. The molecule has 0 heterocycles. The first-order chi connectivity index (χ1) is 22.1. The van der Waals surface area contributed by atoms with Gasteiger partial charge < -0.3 is 0 Å². The maximum atomic E-state index is 2.52. The van der Waals surface area contributed by atoms with Gasteiger partial charge in [-0.1, -0.05) is 113 Å². The number of allylic oxidation sites excluding steroid dienone is 4. The molecule has 46 heavy (non-hydrogen) atoms. The average molecular weight is 593 g/mol. The number of aryl methyl sites for hydroxylation is 2. The van der Waals surface area contributed by atoms with E-state index in [1.165, 1.54) is 77.2 Å². The van der Waals surface area contributed by atoms with E-state index in [0.29, 0.717) is 0 Å². The molecular weight excluding hydrogens is 553 g/mol. The minimum Gasteiger partial charge on any atom is -0.0616 e. The van der Waals surface area contributed by atoms with E-state index < -0.39 is 0 Å². The Morgan fingerprint density at radius 3 is 1.22 bits per heavy atom. The van der Waals surface area contributed by atoms with E-state index in [1.54, 1.807) is 22.3 Å². The van der Waals surface area contributed by atoms with Crippen LogP contribution in [-0.4, -0.2) is 0 Å². The Morgan fingerprint density at radius 1 is 0.413 bits per heavy atom. The molecule has 0 atom stereocenters. The van der Waals surface area contributed by atoms with Crippen LogP contribution in [0, 0.1) is 13.8 Å². The minimum absolute atomic E-state index is 0.0717. The highest BCUT2D eigenvalue weighted by Crippen LogP contribution is 2.63. The lowest BCUT2D eigenvalue weighted by molar-refractivity contribution is 0.579. The van der Waals surface area contributed by atoms with Gasteiger partial charge in [0.2, 0.25) is 0 Å². The zero-order valence-electron chi connectivity index (χ0n) is 27.8. The highest BCUT2D eigenvalue weighted by Gasteiger charge is 2.50. The fraction of sp³-hybridized carbons (Fsp3) is 0.217. The van der Waals surface area contributed by atoms with Gasteiger partial charge in [-0.2, -0.15) is 0 Å². The SMILES string of the molecule is Cc1cc(-c2ccc3ccccc3c2)cc2c1C1=C(C3=C(CC1)c1c(C)cc(-c4ccc5ccccc5c4)cc1C3(C)C)C2(C)C. The standard InChI is InChI=1S/C46H40/c1-27-21-35(33-17-15-29-11-7-9-13-31(29)23-33)25-39-41(27)37-19-20-38-42-28(2)22-36(34-18-16-30-12-8-10-14-32(30)24-34)26-40(42)46(5,6)44(38)43(37)45(39,3)4/h7-18,21-26H,19-20H2,1-6H3. The predicted octanol–water partition coefficient (Wildman–Crippen LogP) is 12.5. The molecule has 0 aliphatic heterocycles. The predicted molar refractivity (Wildman–Crippen MR) is 197 cm³/mol. The normalized spacial score (nSPS) is 17.3. The van der Waals surface area contributed by atoms with Gasteiger partial charge in [-0.15, -0.1) is 0 Å². The Hall–Kier alpha value is -4.68. The summed E-state index contributed by atoms with van der Waals surface area (Å²) in [5.41, 5.74) is 20.3. The van der Waals surface area contributed by atoms with E-state index in [9.17, 15) is 0 Å². The van der Waals surface area contributed by atoms with E-state index in [4.69, 9.17) is 0 Å². The molecule has 3 aliphatic rings. The molecule has 0 unspecified atom stereocenters. The van der Waals surface area contributed by atoms with Crippen molar-refractivity contribution in [2.75, 3.05) is 0 Å². The Balaban J connectivity index is 1.17. The van der Waals surface area contributed by atoms with Crippen molar-refractivity contribution in [3.8, 4) is 22.3 Å². The second-order valence-electron chi connectivity index (χ2n) is 15.0. The molecule has 0 amide bonds. The fourth-order valence-corrected chi connectivity index (χ4v) is 9.38. The van der Waals surface area contributed by atoms with Gasteiger partial charge in [0, 0.05) is 10.8 Å².